The average molecular weight is 303 g/mol. The smallest absolute Gasteiger partial charge is 0.119 e. The molecule has 0 saturated heterocycles. The van der Waals surface area contributed by atoms with Crippen LogP contribution in [0.25, 0.3) is 6.08 Å². The van der Waals surface area contributed by atoms with Crippen LogP contribution in [0.3, 0.4) is 0 Å². The minimum atomic E-state index is -0.153. The van der Waals surface area contributed by atoms with Crippen molar-refractivity contribution in [3.05, 3.63) is 35.4 Å². The lowest BCUT2D eigenvalue weighted by Crippen LogP contribution is -2.26. The molecule has 2 unspecified atom stereocenters. The van der Waals surface area contributed by atoms with E-state index in [9.17, 15) is 0 Å². The Labute approximate surface area is 134 Å². The third-order valence-electron chi connectivity index (χ3n) is 4.27. The van der Waals surface area contributed by atoms with Gasteiger partial charge in [-0.1, -0.05) is 50.8 Å². The summed E-state index contributed by atoms with van der Waals surface area (Å²) in [5.74, 6) is 1.27. The number of fused-ring (bicyclic) bond motifs is 1. The first-order valence-electron chi connectivity index (χ1n) is 8.56. The fourth-order valence-corrected chi connectivity index (χ4v) is 2.95. The highest BCUT2D eigenvalue weighted by Crippen LogP contribution is 2.35. The first-order chi connectivity index (χ1) is 10.7. The van der Waals surface area contributed by atoms with Crippen LogP contribution in [0.4, 0.5) is 0 Å². The second-order valence-corrected chi connectivity index (χ2v) is 6.20. The first-order valence-corrected chi connectivity index (χ1v) is 8.56. The molecule has 122 valence electrons. The van der Waals surface area contributed by atoms with E-state index in [1.54, 1.807) is 0 Å². The molecule has 1 aromatic rings. The molecule has 0 bridgehead atoms. The highest BCUT2D eigenvalue weighted by atomic mass is 16.5. The summed E-state index contributed by atoms with van der Waals surface area (Å²) in [6.45, 7) is 3.07. The highest BCUT2D eigenvalue weighted by Gasteiger charge is 2.20. The van der Waals surface area contributed by atoms with Crippen LogP contribution < -0.4 is 10.5 Å². The van der Waals surface area contributed by atoms with E-state index in [0.717, 1.165) is 25.2 Å². The third kappa shape index (κ3) is 4.85. The molecule has 1 aliphatic rings. The standard InChI is InChI=1S/C19H29NO2/c1-2-3-4-5-6-11-22-18-9-10-19-15(12-17(20)14-21)7-8-16(19)13-18/h7-10,13,15,17,21H,2-6,11-12,14,20H2,1H3. The lowest BCUT2D eigenvalue weighted by Gasteiger charge is -2.15. The zero-order valence-corrected chi connectivity index (χ0v) is 13.6. The van der Waals surface area contributed by atoms with E-state index in [0.29, 0.717) is 5.92 Å². The van der Waals surface area contributed by atoms with Crippen molar-refractivity contribution in [2.24, 2.45) is 5.73 Å². The van der Waals surface area contributed by atoms with Crippen LogP contribution in [-0.2, 0) is 0 Å². The van der Waals surface area contributed by atoms with Gasteiger partial charge in [0.05, 0.1) is 13.2 Å². The molecular formula is C19H29NO2. The van der Waals surface area contributed by atoms with Gasteiger partial charge in [-0.2, -0.15) is 0 Å². The lowest BCUT2D eigenvalue weighted by atomic mass is 9.94. The van der Waals surface area contributed by atoms with Gasteiger partial charge in [0, 0.05) is 12.0 Å². The van der Waals surface area contributed by atoms with Crippen molar-refractivity contribution in [1.29, 1.82) is 0 Å². The second-order valence-electron chi connectivity index (χ2n) is 6.20. The van der Waals surface area contributed by atoms with Gasteiger partial charge in [0.2, 0.25) is 0 Å². The summed E-state index contributed by atoms with van der Waals surface area (Å²) in [6.07, 6.45) is 11.4. The van der Waals surface area contributed by atoms with Gasteiger partial charge < -0.3 is 15.6 Å². The normalized spacial score (nSPS) is 17.5. The average Bonchev–Trinajstić information content (AvgIpc) is 2.93. The van der Waals surface area contributed by atoms with Crippen LogP contribution in [0.15, 0.2) is 24.3 Å². The van der Waals surface area contributed by atoms with E-state index in [4.69, 9.17) is 15.6 Å². The van der Waals surface area contributed by atoms with E-state index in [1.807, 2.05) is 0 Å². The fourth-order valence-electron chi connectivity index (χ4n) is 2.95. The molecule has 2 atom stereocenters. The Morgan fingerprint density at radius 3 is 2.82 bits per heavy atom. The Hall–Kier alpha value is -1.32. The summed E-state index contributed by atoms with van der Waals surface area (Å²) < 4.78 is 5.85. The van der Waals surface area contributed by atoms with Crippen LogP contribution in [0.1, 0.15) is 62.5 Å². The van der Waals surface area contributed by atoms with Gasteiger partial charge in [-0.15, -0.1) is 0 Å². The number of allylic oxidation sites excluding steroid dienone is 1. The minimum Gasteiger partial charge on any atom is -0.494 e. The van der Waals surface area contributed by atoms with Gasteiger partial charge in [-0.3, -0.25) is 0 Å². The molecule has 1 aromatic carbocycles. The molecule has 1 aliphatic carbocycles. The number of rotatable bonds is 10. The van der Waals surface area contributed by atoms with Crippen molar-refractivity contribution in [2.75, 3.05) is 13.2 Å². The Morgan fingerprint density at radius 1 is 1.23 bits per heavy atom. The monoisotopic (exact) mass is 303 g/mol. The number of unbranched alkanes of at least 4 members (excludes halogenated alkanes) is 4. The summed E-state index contributed by atoms with van der Waals surface area (Å²) in [5.41, 5.74) is 8.36. The molecule has 0 amide bonds. The Bertz CT molecular complexity index is 484. The molecule has 3 N–H and O–H groups in total. The topological polar surface area (TPSA) is 55.5 Å². The minimum absolute atomic E-state index is 0.0406. The van der Waals surface area contributed by atoms with Crippen molar-refractivity contribution in [1.82, 2.24) is 0 Å². The zero-order chi connectivity index (χ0) is 15.8. The van der Waals surface area contributed by atoms with E-state index in [2.05, 4.69) is 37.3 Å². The van der Waals surface area contributed by atoms with Gasteiger partial charge in [0.1, 0.15) is 5.75 Å². The Balaban J connectivity index is 1.81. The molecule has 3 heteroatoms. The molecule has 0 heterocycles. The number of benzene rings is 1. The van der Waals surface area contributed by atoms with E-state index < -0.39 is 0 Å². The molecule has 2 rings (SSSR count). The maximum absolute atomic E-state index is 9.09. The summed E-state index contributed by atoms with van der Waals surface area (Å²) in [5, 5.41) is 9.09. The van der Waals surface area contributed by atoms with E-state index in [1.165, 1.54) is 36.8 Å². The van der Waals surface area contributed by atoms with Crippen LogP contribution in [0.5, 0.6) is 5.75 Å². The Morgan fingerprint density at radius 2 is 2.05 bits per heavy atom. The summed E-state index contributed by atoms with van der Waals surface area (Å²) >= 11 is 0. The molecule has 0 aromatic heterocycles. The van der Waals surface area contributed by atoms with E-state index in [-0.39, 0.29) is 12.6 Å². The van der Waals surface area contributed by atoms with Crippen molar-refractivity contribution >= 4 is 6.08 Å². The molecule has 3 nitrogen and oxygen atoms in total. The maximum atomic E-state index is 9.09. The number of aliphatic hydroxyl groups excluding tert-OH is 1. The van der Waals surface area contributed by atoms with Crippen molar-refractivity contribution in [3.8, 4) is 5.75 Å². The maximum Gasteiger partial charge on any atom is 0.119 e. The molecule has 0 aliphatic heterocycles. The molecule has 0 radical (unpaired) electrons. The quantitative estimate of drug-likeness (QED) is 0.645. The highest BCUT2D eigenvalue weighted by molar-refractivity contribution is 5.64. The number of hydrogen-bond donors (Lipinski definition) is 2. The number of nitrogens with two attached hydrogens (primary N) is 1. The molecule has 22 heavy (non-hydrogen) atoms. The predicted molar refractivity (Wildman–Crippen MR) is 92.1 cm³/mol. The van der Waals surface area contributed by atoms with Gasteiger partial charge in [0.15, 0.2) is 0 Å². The molecule has 0 fully saturated rings. The van der Waals surface area contributed by atoms with Crippen molar-refractivity contribution in [2.45, 2.75) is 57.4 Å². The SMILES string of the molecule is CCCCCCCOc1ccc2c(c1)C=CC2CC(N)CO. The first kappa shape index (κ1) is 17.0. The van der Waals surface area contributed by atoms with Gasteiger partial charge in [-0.05, 0) is 36.1 Å². The largest absolute Gasteiger partial charge is 0.494 e. The second kappa shape index (κ2) is 8.96. The predicted octanol–water partition coefficient (Wildman–Crippen LogP) is 3.86. The van der Waals surface area contributed by atoms with Gasteiger partial charge >= 0.3 is 0 Å². The zero-order valence-electron chi connectivity index (χ0n) is 13.6. The number of aliphatic hydroxyl groups is 1. The molecule has 0 saturated carbocycles. The van der Waals surface area contributed by atoms with Crippen LogP contribution in [0.2, 0.25) is 0 Å². The number of ether oxygens (including phenoxy) is 1. The van der Waals surface area contributed by atoms with E-state index >= 15 is 0 Å². The summed E-state index contributed by atoms with van der Waals surface area (Å²) in [7, 11) is 0. The summed E-state index contributed by atoms with van der Waals surface area (Å²) in [6, 6.07) is 6.15. The van der Waals surface area contributed by atoms with Crippen molar-refractivity contribution in [3.63, 3.8) is 0 Å². The number of hydrogen-bond acceptors (Lipinski definition) is 3. The lowest BCUT2D eigenvalue weighted by molar-refractivity contribution is 0.257. The fraction of sp³-hybridized carbons (Fsp3) is 0.579. The van der Waals surface area contributed by atoms with Gasteiger partial charge in [0.25, 0.3) is 0 Å². The molecule has 0 spiro atoms. The summed E-state index contributed by atoms with van der Waals surface area (Å²) in [4.78, 5) is 0. The molecular weight excluding hydrogens is 274 g/mol. The van der Waals surface area contributed by atoms with Crippen LogP contribution in [0, 0.1) is 0 Å². The van der Waals surface area contributed by atoms with Crippen LogP contribution in [-0.4, -0.2) is 24.4 Å². The Kier molecular flexibility index (Phi) is 6.94. The third-order valence-corrected chi connectivity index (χ3v) is 4.27. The van der Waals surface area contributed by atoms with Crippen molar-refractivity contribution < 1.29 is 9.84 Å². The van der Waals surface area contributed by atoms with Gasteiger partial charge in [-0.25, -0.2) is 0 Å². The van der Waals surface area contributed by atoms with Crippen LogP contribution >= 0.6 is 0 Å².